The topological polar surface area (TPSA) is 53.3 Å². The molecular weight excluding hydrogens is 312 g/mol. The van der Waals surface area contributed by atoms with Crippen molar-refractivity contribution in [2.45, 2.75) is 20.0 Å². The van der Waals surface area contributed by atoms with Crippen molar-refractivity contribution in [1.82, 2.24) is 0 Å². The molecule has 2 aromatic carbocycles. The Hall–Kier alpha value is -2.51. The van der Waals surface area contributed by atoms with Gasteiger partial charge in [0.05, 0.1) is 12.5 Å². The van der Waals surface area contributed by atoms with E-state index in [1.807, 2.05) is 49.4 Å². The lowest BCUT2D eigenvalue weighted by Crippen LogP contribution is -2.32. The molecule has 118 valence electrons. The number of aryl methyl sites for hydroxylation is 1. The minimum Gasteiger partial charge on any atom is -0.444 e. The number of carbonyl (C=O) groups is 1. The predicted molar refractivity (Wildman–Crippen MR) is 90.4 cm³/mol. The van der Waals surface area contributed by atoms with Gasteiger partial charge in [-0.3, -0.25) is 4.90 Å². The molecule has 0 atom stereocenters. The van der Waals surface area contributed by atoms with E-state index in [1.165, 1.54) is 4.90 Å². The van der Waals surface area contributed by atoms with Crippen LogP contribution in [-0.4, -0.2) is 12.6 Å². The van der Waals surface area contributed by atoms with E-state index >= 15 is 0 Å². The summed E-state index contributed by atoms with van der Waals surface area (Å²) in [6, 6.07) is 16.8. The maximum absolute atomic E-state index is 12.4. The molecule has 0 fully saturated rings. The molecule has 0 radical (unpaired) electrons. The molecule has 2 rings (SSSR count). The Labute approximate surface area is 140 Å². The second-order valence-corrected chi connectivity index (χ2v) is 5.44. The molecule has 0 saturated carbocycles. The van der Waals surface area contributed by atoms with Crippen molar-refractivity contribution >= 4 is 23.4 Å². The number of ether oxygens (including phenoxy) is 1. The van der Waals surface area contributed by atoms with Crippen LogP contribution in [0.5, 0.6) is 0 Å². The molecule has 23 heavy (non-hydrogen) atoms. The number of hydrogen-bond acceptors (Lipinski definition) is 3. The van der Waals surface area contributed by atoms with Crippen molar-refractivity contribution in [1.29, 1.82) is 5.26 Å². The number of hydrogen-bond donors (Lipinski definition) is 0. The van der Waals surface area contributed by atoms with Gasteiger partial charge < -0.3 is 4.74 Å². The van der Waals surface area contributed by atoms with Crippen molar-refractivity contribution in [3.63, 3.8) is 0 Å². The SMILES string of the molecule is Cc1ccc(N(CCC#N)C(=O)OCc2ccccc2)cc1Cl. The Kier molecular flexibility index (Phi) is 6.02. The molecule has 0 bridgehead atoms. The van der Waals surface area contributed by atoms with Gasteiger partial charge in [0.25, 0.3) is 0 Å². The largest absolute Gasteiger partial charge is 0.444 e. The Balaban J connectivity index is 2.12. The Morgan fingerprint density at radius 3 is 2.65 bits per heavy atom. The quantitative estimate of drug-likeness (QED) is 0.799. The van der Waals surface area contributed by atoms with Gasteiger partial charge >= 0.3 is 6.09 Å². The van der Waals surface area contributed by atoms with E-state index in [-0.39, 0.29) is 19.6 Å². The smallest absolute Gasteiger partial charge is 0.414 e. The van der Waals surface area contributed by atoms with Gasteiger partial charge in [-0.25, -0.2) is 4.79 Å². The molecule has 0 spiro atoms. The fourth-order valence-corrected chi connectivity index (χ4v) is 2.21. The maximum Gasteiger partial charge on any atom is 0.414 e. The molecule has 4 nitrogen and oxygen atoms in total. The van der Waals surface area contributed by atoms with Crippen LogP contribution in [-0.2, 0) is 11.3 Å². The zero-order chi connectivity index (χ0) is 16.7. The standard InChI is InChI=1S/C18H17ClN2O2/c1-14-8-9-16(12-17(14)19)21(11-5-10-20)18(22)23-13-15-6-3-2-4-7-15/h2-4,6-9,12H,5,11,13H2,1H3. The van der Waals surface area contributed by atoms with E-state index in [0.29, 0.717) is 10.7 Å². The molecule has 0 aliphatic carbocycles. The van der Waals surface area contributed by atoms with Crippen LogP contribution in [0.2, 0.25) is 5.02 Å². The Bertz CT molecular complexity index is 711. The summed E-state index contributed by atoms with van der Waals surface area (Å²) >= 11 is 6.13. The van der Waals surface area contributed by atoms with Crippen molar-refractivity contribution in [3.8, 4) is 6.07 Å². The number of carbonyl (C=O) groups excluding carboxylic acids is 1. The highest BCUT2D eigenvalue weighted by Gasteiger charge is 2.18. The molecule has 0 aromatic heterocycles. The van der Waals surface area contributed by atoms with Crippen LogP contribution in [0.1, 0.15) is 17.5 Å². The molecule has 0 aliphatic heterocycles. The lowest BCUT2D eigenvalue weighted by Gasteiger charge is -2.21. The number of nitrogens with zero attached hydrogens (tertiary/aromatic N) is 2. The number of amides is 1. The van der Waals surface area contributed by atoms with Gasteiger partial charge in [-0.2, -0.15) is 5.26 Å². The monoisotopic (exact) mass is 328 g/mol. The van der Waals surface area contributed by atoms with E-state index < -0.39 is 6.09 Å². The van der Waals surface area contributed by atoms with Crippen molar-refractivity contribution < 1.29 is 9.53 Å². The highest BCUT2D eigenvalue weighted by molar-refractivity contribution is 6.31. The molecular formula is C18H17ClN2O2. The number of benzene rings is 2. The highest BCUT2D eigenvalue weighted by Crippen LogP contribution is 2.24. The Morgan fingerprint density at radius 2 is 2.00 bits per heavy atom. The van der Waals surface area contributed by atoms with Crippen LogP contribution >= 0.6 is 11.6 Å². The average molecular weight is 329 g/mol. The van der Waals surface area contributed by atoms with Crippen LogP contribution in [0.15, 0.2) is 48.5 Å². The Morgan fingerprint density at radius 1 is 1.26 bits per heavy atom. The molecule has 2 aromatic rings. The summed E-state index contributed by atoms with van der Waals surface area (Å²) < 4.78 is 5.35. The maximum atomic E-state index is 12.4. The van der Waals surface area contributed by atoms with Crippen LogP contribution in [0.3, 0.4) is 0 Å². The third-order valence-corrected chi connectivity index (χ3v) is 3.75. The van der Waals surface area contributed by atoms with Gasteiger partial charge in [0.1, 0.15) is 6.61 Å². The van der Waals surface area contributed by atoms with E-state index in [0.717, 1.165) is 11.1 Å². The second kappa shape index (κ2) is 8.21. The van der Waals surface area contributed by atoms with Gasteiger partial charge in [-0.1, -0.05) is 48.0 Å². The summed E-state index contributed by atoms with van der Waals surface area (Å²) in [5.41, 5.74) is 2.45. The third kappa shape index (κ3) is 4.73. The van der Waals surface area contributed by atoms with Crippen molar-refractivity contribution in [2.24, 2.45) is 0 Å². The van der Waals surface area contributed by atoms with Crippen molar-refractivity contribution in [2.75, 3.05) is 11.4 Å². The van der Waals surface area contributed by atoms with Gasteiger partial charge in [0.15, 0.2) is 0 Å². The number of rotatable bonds is 5. The first-order valence-electron chi connectivity index (χ1n) is 7.23. The van der Waals surface area contributed by atoms with E-state index in [9.17, 15) is 4.79 Å². The summed E-state index contributed by atoms with van der Waals surface area (Å²) in [7, 11) is 0. The number of anilines is 1. The molecule has 0 heterocycles. The summed E-state index contributed by atoms with van der Waals surface area (Å²) in [5.74, 6) is 0. The van der Waals surface area contributed by atoms with Crippen LogP contribution in [0.4, 0.5) is 10.5 Å². The second-order valence-electron chi connectivity index (χ2n) is 5.03. The summed E-state index contributed by atoms with van der Waals surface area (Å²) in [5, 5.41) is 9.37. The molecule has 0 unspecified atom stereocenters. The van der Waals surface area contributed by atoms with E-state index in [4.69, 9.17) is 21.6 Å². The third-order valence-electron chi connectivity index (χ3n) is 3.34. The van der Waals surface area contributed by atoms with Crippen LogP contribution in [0.25, 0.3) is 0 Å². The first-order chi connectivity index (χ1) is 11.1. The summed E-state index contributed by atoms with van der Waals surface area (Å²) in [4.78, 5) is 13.8. The summed E-state index contributed by atoms with van der Waals surface area (Å²) in [6.45, 7) is 2.32. The summed E-state index contributed by atoms with van der Waals surface area (Å²) in [6.07, 6.45) is -0.282. The lowest BCUT2D eigenvalue weighted by molar-refractivity contribution is 0.147. The fourth-order valence-electron chi connectivity index (χ4n) is 2.03. The van der Waals surface area contributed by atoms with Gasteiger partial charge in [-0.05, 0) is 30.2 Å². The van der Waals surface area contributed by atoms with Crippen LogP contribution < -0.4 is 4.90 Å². The van der Waals surface area contributed by atoms with Crippen molar-refractivity contribution in [3.05, 3.63) is 64.7 Å². The molecule has 0 N–H and O–H groups in total. The highest BCUT2D eigenvalue weighted by atomic mass is 35.5. The number of halogens is 1. The predicted octanol–water partition coefficient (Wildman–Crippen LogP) is 4.71. The minimum atomic E-state index is -0.496. The van der Waals surface area contributed by atoms with Crippen LogP contribution in [0, 0.1) is 18.3 Å². The lowest BCUT2D eigenvalue weighted by atomic mass is 10.2. The molecule has 0 saturated heterocycles. The zero-order valence-electron chi connectivity index (χ0n) is 12.8. The molecule has 1 amide bonds. The van der Waals surface area contributed by atoms with Gasteiger partial charge in [-0.15, -0.1) is 0 Å². The first-order valence-corrected chi connectivity index (χ1v) is 7.61. The van der Waals surface area contributed by atoms with Gasteiger partial charge in [0.2, 0.25) is 0 Å². The first kappa shape index (κ1) is 16.9. The van der Waals surface area contributed by atoms with E-state index in [1.54, 1.807) is 12.1 Å². The molecule has 5 heteroatoms. The average Bonchev–Trinajstić information content (AvgIpc) is 2.57. The zero-order valence-corrected chi connectivity index (χ0v) is 13.6. The minimum absolute atomic E-state index is 0.183. The normalized spacial score (nSPS) is 9.96. The number of nitriles is 1. The van der Waals surface area contributed by atoms with E-state index in [2.05, 4.69) is 0 Å². The van der Waals surface area contributed by atoms with Gasteiger partial charge in [0, 0.05) is 17.3 Å². The molecule has 0 aliphatic rings. The fraction of sp³-hybridized carbons (Fsp3) is 0.222.